The fraction of sp³-hybridized carbons (Fsp3) is 0.435. The van der Waals surface area contributed by atoms with E-state index in [2.05, 4.69) is 51.6 Å². The number of H-pyrrole nitrogens is 1. The fourth-order valence-electron chi connectivity index (χ4n) is 3.81. The lowest BCUT2D eigenvalue weighted by molar-refractivity contribution is 0.185. The molecule has 0 unspecified atom stereocenters. The van der Waals surface area contributed by atoms with Crippen molar-refractivity contribution < 1.29 is 4.42 Å². The van der Waals surface area contributed by atoms with Gasteiger partial charge in [-0.3, -0.25) is 10.00 Å². The highest BCUT2D eigenvalue weighted by Gasteiger charge is 2.15. The molecule has 0 radical (unpaired) electrons. The van der Waals surface area contributed by atoms with Gasteiger partial charge in [-0.05, 0) is 62.0 Å². The molecule has 1 aromatic carbocycles. The van der Waals surface area contributed by atoms with Crippen LogP contribution in [-0.4, -0.2) is 28.2 Å². The molecule has 28 heavy (non-hydrogen) atoms. The third-order valence-electron chi connectivity index (χ3n) is 5.65. The molecule has 1 fully saturated rings. The zero-order valence-corrected chi connectivity index (χ0v) is 16.9. The summed E-state index contributed by atoms with van der Waals surface area (Å²) in [4.78, 5) is 2.57. The third kappa shape index (κ3) is 4.72. The highest BCUT2D eigenvalue weighted by atomic mass is 16.3. The summed E-state index contributed by atoms with van der Waals surface area (Å²) in [6.45, 7) is 9.43. The van der Waals surface area contributed by atoms with Gasteiger partial charge in [0, 0.05) is 25.2 Å². The number of aromatic amines is 1. The predicted octanol–water partition coefficient (Wildman–Crippen LogP) is 4.50. The molecule has 2 N–H and O–H groups in total. The van der Waals surface area contributed by atoms with Crippen LogP contribution in [-0.2, 0) is 19.6 Å². The van der Waals surface area contributed by atoms with Crippen LogP contribution in [0.4, 0.5) is 0 Å². The summed E-state index contributed by atoms with van der Waals surface area (Å²) in [5, 5.41) is 10.7. The second-order valence-corrected chi connectivity index (χ2v) is 8.06. The molecule has 0 spiro atoms. The maximum Gasteiger partial charge on any atom is 0.152 e. The van der Waals surface area contributed by atoms with Crippen molar-refractivity contribution in [1.29, 1.82) is 0 Å². The van der Waals surface area contributed by atoms with Gasteiger partial charge in [0.1, 0.15) is 11.5 Å². The summed E-state index contributed by atoms with van der Waals surface area (Å²) in [5.74, 6) is 2.63. The first kappa shape index (κ1) is 19.0. The molecule has 1 aliphatic rings. The first-order valence-electron chi connectivity index (χ1n) is 10.3. The van der Waals surface area contributed by atoms with E-state index in [0.29, 0.717) is 0 Å². The molecule has 0 saturated carbocycles. The van der Waals surface area contributed by atoms with Crippen molar-refractivity contribution in [3.63, 3.8) is 0 Å². The summed E-state index contributed by atoms with van der Waals surface area (Å²) in [7, 11) is 0. The summed E-state index contributed by atoms with van der Waals surface area (Å²) < 4.78 is 5.71. The van der Waals surface area contributed by atoms with Gasteiger partial charge in [0.25, 0.3) is 0 Å². The quantitative estimate of drug-likeness (QED) is 0.636. The third-order valence-corrected chi connectivity index (χ3v) is 5.65. The maximum absolute atomic E-state index is 5.71. The van der Waals surface area contributed by atoms with Crippen molar-refractivity contribution in [2.45, 2.75) is 46.3 Å². The molecule has 2 aromatic heterocycles. The van der Waals surface area contributed by atoms with Crippen molar-refractivity contribution >= 4 is 0 Å². The molecule has 0 aliphatic carbocycles. The van der Waals surface area contributed by atoms with Gasteiger partial charge in [-0.2, -0.15) is 5.10 Å². The molecule has 3 aromatic rings. The van der Waals surface area contributed by atoms with Crippen LogP contribution in [0.1, 0.15) is 42.2 Å². The first-order valence-corrected chi connectivity index (χ1v) is 10.3. The lowest BCUT2D eigenvalue weighted by Crippen LogP contribution is -2.32. The smallest absolute Gasteiger partial charge is 0.152 e. The molecule has 0 amide bonds. The van der Waals surface area contributed by atoms with Gasteiger partial charge in [-0.1, -0.05) is 31.2 Å². The van der Waals surface area contributed by atoms with Crippen LogP contribution in [0.5, 0.6) is 0 Å². The summed E-state index contributed by atoms with van der Waals surface area (Å²) in [6.07, 6.45) is 4.52. The van der Waals surface area contributed by atoms with E-state index in [0.717, 1.165) is 48.3 Å². The summed E-state index contributed by atoms with van der Waals surface area (Å²) >= 11 is 0. The van der Waals surface area contributed by atoms with Gasteiger partial charge >= 0.3 is 0 Å². The Bertz CT molecular complexity index is 872. The van der Waals surface area contributed by atoms with Crippen LogP contribution in [0.15, 0.2) is 47.0 Å². The van der Waals surface area contributed by atoms with E-state index in [-0.39, 0.29) is 0 Å². The Morgan fingerprint density at radius 1 is 1.07 bits per heavy atom. The predicted molar refractivity (Wildman–Crippen MR) is 112 cm³/mol. The van der Waals surface area contributed by atoms with Crippen molar-refractivity contribution in [3.8, 4) is 11.5 Å². The number of hydrogen-bond donors (Lipinski definition) is 2. The van der Waals surface area contributed by atoms with Gasteiger partial charge in [-0.25, -0.2) is 0 Å². The Morgan fingerprint density at radius 3 is 2.54 bits per heavy atom. The summed E-state index contributed by atoms with van der Waals surface area (Å²) in [6, 6.07) is 13.0. The molecule has 1 aliphatic heterocycles. The highest BCUT2D eigenvalue weighted by Crippen LogP contribution is 2.23. The van der Waals surface area contributed by atoms with Gasteiger partial charge in [-0.15, -0.1) is 0 Å². The number of rotatable bonds is 7. The zero-order chi connectivity index (χ0) is 19.3. The second-order valence-electron chi connectivity index (χ2n) is 8.06. The van der Waals surface area contributed by atoms with Crippen LogP contribution in [0.3, 0.4) is 0 Å². The minimum atomic E-state index is 0.749. The lowest BCUT2D eigenvalue weighted by atomic mass is 9.99. The number of nitrogens with zero attached hydrogens (tertiary/aromatic N) is 2. The standard InChI is InChI=1S/C23H30N4O/c1-17-9-11-27(12-10-17)16-20-6-4-19(5-7-20)13-24-14-21-15-25-26-23(21)22-8-3-18(2)28-22/h3-8,15,17,24H,9-14,16H2,1-2H3,(H,25,26). The van der Waals surface area contributed by atoms with E-state index < -0.39 is 0 Å². The number of nitrogens with one attached hydrogen (secondary N) is 2. The Balaban J connectivity index is 1.27. The van der Waals surface area contributed by atoms with Crippen molar-refractivity contribution in [2.24, 2.45) is 5.92 Å². The normalized spacial score (nSPS) is 15.9. The Morgan fingerprint density at radius 2 is 1.82 bits per heavy atom. The van der Waals surface area contributed by atoms with Gasteiger partial charge in [0.2, 0.25) is 0 Å². The average Bonchev–Trinajstić information content (AvgIpc) is 3.34. The van der Waals surface area contributed by atoms with Crippen LogP contribution in [0.2, 0.25) is 0 Å². The van der Waals surface area contributed by atoms with E-state index in [1.54, 1.807) is 0 Å². The van der Waals surface area contributed by atoms with Crippen LogP contribution in [0, 0.1) is 12.8 Å². The SMILES string of the molecule is Cc1ccc(-c2[nH]ncc2CNCc2ccc(CN3CCC(C)CC3)cc2)o1. The van der Waals surface area contributed by atoms with Crippen molar-refractivity contribution in [1.82, 2.24) is 20.4 Å². The van der Waals surface area contributed by atoms with Crippen molar-refractivity contribution in [2.75, 3.05) is 13.1 Å². The first-order chi connectivity index (χ1) is 13.7. The Kier molecular flexibility index (Phi) is 5.93. The van der Waals surface area contributed by atoms with Gasteiger partial charge < -0.3 is 9.73 Å². The number of furan rings is 1. The molecule has 5 heteroatoms. The van der Waals surface area contributed by atoms with E-state index in [1.165, 1.54) is 37.1 Å². The second kappa shape index (κ2) is 8.76. The lowest BCUT2D eigenvalue weighted by Gasteiger charge is -2.30. The maximum atomic E-state index is 5.71. The van der Waals surface area contributed by atoms with Crippen molar-refractivity contribution in [3.05, 3.63) is 65.0 Å². The minimum absolute atomic E-state index is 0.749. The number of aromatic nitrogens is 2. The average molecular weight is 379 g/mol. The molecule has 0 atom stereocenters. The summed E-state index contributed by atoms with van der Waals surface area (Å²) in [5.41, 5.74) is 4.77. The molecule has 0 bridgehead atoms. The topological polar surface area (TPSA) is 57.1 Å². The van der Waals surface area contributed by atoms with Gasteiger partial charge in [0.05, 0.1) is 6.20 Å². The highest BCUT2D eigenvalue weighted by molar-refractivity contribution is 5.56. The number of benzene rings is 1. The molecule has 4 rings (SSSR count). The van der Waals surface area contributed by atoms with Crippen LogP contribution >= 0.6 is 0 Å². The number of hydrogen-bond acceptors (Lipinski definition) is 4. The zero-order valence-electron chi connectivity index (χ0n) is 16.9. The largest absolute Gasteiger partial charge is 0.460 e. The monoisotopic (exact) mass is 378 g/mol. The molecular formula is C23H30N4O. The molecular weight excluding hydrogens is 348 g/mol. The van der Waals surface area contributed by atoms with Crippen LogP contribution in [0.25, 0.3) is 11.5 Å². The van der Waals surface area contributed by atoms with Gasteiger partial charge in [0.15, 0.2) is 5.76 Å². The number of aryl methyl sites for hydroxylation is 1. The minimum Gasteiger partial charge on any atom is -0.460 e. The van der Waals surface area contributed by atoms with Crippen LogP contribution < -0.4 is 5.32 Å². The van der Waals surface area contributed by atoms with E-state index in [4.69, 9.17) is 4.42 Å². The number of likely N-dealkylation sites (tertiary alicyclic amines) is 1. The molecule has 1 saturated heterocycles. The van der Waals surface area contributed by atoms with E-state index >= 15 is 0 Å². The molecule has 148 valence electrons. The Hall–Kier alpha value is -2.37. The fourth-order valence-corrected chi connectivity index (χ4v) is 3.81. The molecule has 3 heterocycles. The molecule has 5 nitrogen and oxygen atoms in total. The van der Waals surface area contributed by atoms with E-state index in [9.17, 15) is 0 Å². The van der Waals surface area contributed by atoms with E-state index in [1.807, 2.05) is 25.3 Å². The Labute approximate surface area is 167 Å². The number of piperidine rings is 1.